The van der Waals surface area contributed by atoms with E-state index in [0.717, 1.165) is 111 Å². The molecule has 324 valence electrons. The number of furan rings is 2. The highest BCUT2D eigenvalue weighted by atomic mass is 16.3. The van der Waals surface area contributed by atoms with E-state index in [4.69, 9.17) is 23.8 Å². The van der Waals surface area contributed by atoms with Crippen LogP contribution >= 0.6 is 0 Å². The van der Waals surface area contributed by atoms with E-state index in [9.17, 15) is 0 Å². The second kappa shape index (κ2) is 14.6. The van der Waals surface area contributed by atoms with Gasteiger partial charge in [-0.3, -0.25) is 0 Å². The van der Waals surface area contributed by atoms with Crippen molar-refractivity contribution in [1.82, 2.24) is 15.0 Å². The number of rotatable bonds is 6. The van der Waals surface area contributed by atoms with Gasteiger partial charge in [0.2, 0.25) is 0 Å². The van der Waals surface area contributed by atoms with Crippen LogP contribution in [0.15, 0.2) is 191 Å². The third-order valence-electron chi connectivity index (χ3n) is 16.1. The van der Waals surface area contributed by atoms with Gasteiger partial charge in [0, 0.05) is 32.5 Å². The molecule has 4 bridgehead atoms. The maximum absolute atomic E-state index is 7.10. The highest BCUT2D eigenvalue weighted by molar-refractivity contribution is 6.21. The zero-order chi connectivity index (χ0) is 44.5. The number of benzene rings is 9. The van der Waals surface area contributed by atoms with Crippen LogP contribution in [-0.4, -0.2) is 15.0 Å². The Hall–Kier alpha value is -7.89. The van der Waals surface area contributed by atoms with Crippen molar-refractivity contribution in [1.29, 1.82) is 0 Å². The minimum Gasteiger partial charge on any atom is -0.455 e. The molecule has 5 heteroatoms. The highest BCUT2D eigenvalue weighted by Crippen LogP contribution is 2.61. The molecule has 4 fully saturated rings. The van der Waals surface area contributed by atoms with Crippen molar-refractivity contribution < 1.29 is 8.83 Å². The Balaban J connectivity index is 0.966. The van der Waals surface area contributed by atoms with Gasteiger partial charge >= 0.3 is 0 Å². The van der Waals surface area contributed by atoms with E-state index in [2.05, 4.69) is 176 Å². The van der Waals surface area contributed by atoms with E-state index in [1.54, 1.807) is 0 Å². The molecule has 3 heterocycles. The molecular formula is C63H45N3O2. The fraction of sp³-hybridized carbons (Fsp3) is 0.159. The molecule has 0 N–H and O–H groups in total. The summed E-state index contributed by atoms with van der Waals surface area (Å²) in [6.07, 6.45) is 8.37. The molecule has 0 aliphatic heterocycles. The normalized spacial score (nSPS) is 19.9. The Morgan fingerprint density at radius 1 is 0.368 bits per heavy atom. The van der Waals surface area contributed by atoms with Crippen molar-refractivity contribution >= 4 is 65.4 Å². The predicted octanol–water partition coefficient (Wildman–Crippen LogP) is 16.8. The number of aromatic nitrogens is 3. The maximum Gasteiger partial charge on any atom is 0.167 e. The SMILES string of the molecule is c1ccc(-c2cccc(-c3nc(-c4cc(-c5ccc(C67CC8CC(CC(C8)C6)C7)cc5)cc5c4oc4c6ccccc6ccc54)nc(-c4cccc5c4oc4ccc6ccccc6c45)n3)c2)cc1. The second-order valence-corrected chi connectivity index (χ2v) is 20.1. The molecule has 5 nitrogen and oxygen atoms in total. The number of para-hydroxylation sites is 1. The lowest BCUT2D eigenvalue weighted by Gasteiger charge is -2.57. The predicted molar refractivity (Wildman–Crippen MR) is 276 cm³/mol. The van der Waals surface area contributed by atoms with Crippen molar-refractivity contribution in [2.24, 2.45) is 17.8 Å². The van der Waals surface area contributed by atoms with Crippen molar-refractivity contribution in [3.63, 3.8) is 0 Å². The lowest BCUT2D eigenvalue weighted by atomic mass is 9.48. The number of hydrogen-bond donors (Lipinski definition) is 0. The van der Waals surface area contributed by atoms with Gasteiger partial charge in [0.05, 0.1) is 11.1 Å². The van der Waals surface area contributed by atoms with Gasteiger partial charge in [0.15, 0.2) is 17.5 Å². The van der Waals surface area contributed by atoms with Gasteiger partial charge in [0.1, 0.15) is 22.3 Å². The van der Waals surface area contributed by atoms with Gasteiger partial charge in [-0.15, -0.1) is 0 Å². The zero-order valence-electron chi connectivity index (χ0n) is 37.5. The van der Waals surface area contributed by atoms with Crippen LogP contribution in [-0.2, 0) is 5.41 Å². The summed E-state index contributed by atoms with van der Waals surface area (Å²) >= 11 is 0. The molecule has 0 unspecified atom stereocenters. The minimum absolute atomic E-state index is 0.329. The molecule has 0 spiro atoms. The Bertz CT molecular complexity index is 3980. The Morgan fingerprint density at radius 2 is 0.971 bits per heavy atom. The summed E-state index contributed by atoms with van der Waals surface area (Å²) in [7, 11) is 0. The summed E-state index contributed by atoms with van der Waals surface area (Å²) in [5.41, 5.74) is 12.0. The first-order valence-corrected chi connectivity index (χ1v) is 24.3. The van der Waals surface area contributed by atoms with Crippen molar-refractivity contribution in [2.45, 2.75) is 43.9 Å². The van der Waals surface area contributed by atoms with Gasteiger partial charge < -0.3 is 8.83 Å². The number of nitrogens with zero attached hydrogens (tertiary/aromatic N) is 3. The monoisotopic (exact) mass is 875 g/mol. The summed E-state index contributed by atoms with van der Waals surface area (Å²) in [4.78, 5) is 16.2. The first kappa shape index (κ1) is 38.2. The highest BCUT2D eigenvalue weighted by Gasteiger charge is 2.51. The molecule has 3 aromatic heterocycles. The van der Waals surface area contributed by atoms with Gasteiger partial charge in [-0.25, -0.2) is 15.0 Å². The van der Waals surface area contributed by atoms with Crippen LogP contribution < -0.4 is 0 Å². The molecule has 12 aromatic rings. The molecule has 68 heavy (non-hydrogen) atoms. The number of fused-ring (bicyclic) bond motifs is 10. The quantitative estimate of drug-likeness (QED) is 0.166. The standard InChI is InChI=1S/C63H45N3O2/c1-2-10-40(11-3-1)44-14-8-15-45(31-44)60-64-61(52-19-9-18-51-56-48-16-6-4-12-42(48)23-27-55(56)67-58(51)52)66-62(65-60)54-33-46(32-53-50-26-22-43-13-5-7-17-49(43)57(50)68-59(53)54)41-20-24-47(25-21-41)63-34-37-28-38(35-63)30-39(29-37)36-63/h1-27,31-33,37-39H,28-30,34-36H2. The Morgan fingerprint density at radius 3 is 1.76 bits per heavy atom. The van der Waals surface area contributed by atoms with Crippen LogP contribution in [0, 0.1) is 17.8 Å². The fourth-order valence-corrected chi connectivity index (χ4v) is 13.4. The largest absolute Gasteiger partial charge is 0.455 e. The molecule has 9 aromatic carbocycles. The summed E-state index contributed by atoms with van der Waals surface area (Å²) in [5.74, 6) is 4.32. The van der Waals surface area contributed by atoms with Crippen LogP contribution in [0.2, 0.25) is 0 Å². The summed E-state index contributed by atoms with van der Waals surface area (Å²) < 4.78 is 13.9. The lowest BCUT2D eigenvalue weighted by Crippen LogP contribution is -2.48. The second-order valence-electron chi connectivity index (χ2n) is 20.1. The zero-order valence-corrected chi connectivity index (χ0v) is 37.5. The Kier molecular flexibility index (Phi) is 8.18. The third kappa shape index (κ3) is 5.91. The fourth-order valence-electron chi connectivity index (χ4n) is 13.4. The third-order valence-corrected chi connectivity index (χ3v) is 16.1. The van der Waals surface area contributed by atoms with Gasteiger partial charge in [-0.1, -0.05) is 146 Å². The number of hydrogen-bond acceptors (Lipinski definition) is 5. The van der Waals surface area contributed by atoms with E-state index < -0.39 is 0 Å². The van der Waals surface area contributed by atoms with Crippen LogP contribution in [0.1, 0.15) is 44.1 Å². The molecule has 0 saturated heterocycles. The molecule has 0 atom stereocenters. The smallest absolute Gasteiger partial charge is 0.167 e. The van der Waals surface area contributed by atoms with Crippen LogP contribution in [0.3, 0.4) is 0 Å². The maximum atomic E-state index is 7.10. The van der Waals surface area contributed by atoms with E-state index in [-0.39, 0.29) is 0 Å². The topological polar surface area (TPSA) is 65.0 Å². The average molecular weight is 876 g/mol. The molecule has 0 radical (unpaired) electrons. The lowest BCUT2D eigenvalue weighted by molar-refractivity contribution is -0.00518. The average Bonchev–Trinajstić information content (AvgIpc) is 3.98. The molecule has 4 saturated carbocycles. The van der Waals surface area contributed by atoms with Crippen LogP contribution in [0.4, 0.5) is 0 Å². The molecule has 16 rings (SSSR count). The van der Waals surface area contributed by atoms with E-state index in [1.165, 1.54) is 55.0 Å². The molecule has 4 aliphatic rings. The minimum atomic E-state index is 0.329. The molecule has 0 amide bonds. The summed E-state index contributed by atoms with van der Waals surface area (Å²) in [6, 6.07) is 65.0. The van der Waals surface area contributed by atoms with Crippen molar-refractivity contribution in [3.8, 4) is 56.4 Å². The van der Waals surface area contributed by atoms with Gasteiger partial charge in [0.25, 0.3) is 0 Å². The van der Waals surface area contributed by atoms with Crippen LogP contribution in [0.25, 0.3) is 122 Å². The van der Waals surface area contributed by atoms with Crippen LogP contribution in [0.5, 0.6) is 0 Å². The van der Waals surface area contributed by atoms with Crippen molar-refractivity contribution in [2.75, 3.05) is 0 Å². The summed E-state index contributed by atoms with van der Waals surface area (Å²) in [6.45, 7) is 0. The van der Waals surface area contributed by atoms with Crippen molar-refractivity contribution in [3.05, 3.63) is 188 Å². The molecular weight excluding hydrogens is 831 g/mol. The van der Waals surface area contributed by atoms with Gasteiger partial charge in [-0.2, -0.15) is 0 Å². The van der Waals surface area contributed by atoms with Gasteiger partial charge in [-0.05, 0) is 142 Å². The molecule has 4 aliphatic carbocycles. The summed E-state index contributed by atoms with van der Waals surface area (Å²) in [5, 5.41) is 8.74. The Labute approximate surface area is 393 Å². The van der Waals surface area contributed by atoms with E-state index >= 15 is 0 Å². The van der Waals surface area contributed by atoms with E-state index in [1.807, 2.05) is 6.07 Å². The first-order valence-electron chi connectivity index (χ1n) is 24.3. The van der Waals surface area contributed by atoms with E-state index in [0.29, 0.717) is 22.9 Å². The first-order chi connectivity index (χ1) is 33.6.